The minimum Gasteiger partial charge on any atom is -0.309 e. The zero-order chi connectivity index (χ0) is 42.1. The molecule has 10 aromatic carbocycles. The van der Waals surface area contributed by atoms with Crippen LogP contribution in [0.2, 0.25) is 0 Å². The maximum absolute atomic E-state index is 5.27. The summed E-state index contributed by atoms with van der Waals surface area (Å²) in [6, 6.07) is 79.8. The standard InChI is InChI=1S/C59H37N5/c1-2-19-43(20-3-1)64-52-27-12-10-23-47(52)48-35-36-54-55(56(48)64)51-25-11-13-28-53(51)63(54)44-33-31-40(32-34-44)46-22-8-9-24-49(46)58-60-57(42-30-29-38-15-4-5-17-41(38)37-42)61-59(62-58)50-26-14-18-39-16-6-7-21-45(39)50/h1-37H. The summed E-state index contributed by atoms with van der Waals surface area (Å²) >= 11 is 0. The van der Waals surface area contributed by atoms with Gasteiger partial charge in [0.05, 0.1) is 22.1 Å². The average molecular weight is 816 g/mol. The first-order chi connectivity index (χ1) is 31.7. The van der Waals surface area contributed by atoms with Gasteiger partial charge in [-0.3, -0.25) is 0 Å². The van der Waals surface area contributed by atoms with Crippen LogP contribution in [0.15, 0.2) is 224 Å². The SMILES string of the molecule is c1ccc(-n2c3ccccc3c3ccc4c(c5ccccc5n4-c4ccc(-c5ccccc5-c5nc(-c6ccc7ccccc7c6)nc(-c6cccc7ccccc67)n5)cc4)c32)cc1. The summed E-state index contributed by atoms with van der Waals surface area (Å²) in [5.74, 6) is 1.90. The summed E-state index contributed by atoms with van der Waals surface area (Å²) in [6.45, 7) is 0. The number of nitrogens with zero attached hydrogens (tertiary/aromatic N) is 5. The zero-order valence-corrected chi connectivity index (χ0v) is 34.6. The number of benzene rings is 10. The predicted molar refractivity (Wildman–Crippen MR) is 265 cm³/mol. The van der Waals surface area contributed by atoms with E-state index in [0.29, 0.717) is 17.5 Å². The molecule has 0 amide bonds. The van der Waals surface area contributed by atoms with E-state index in [4.69, 9.17) is 15.0 Å². The van der Waals surface area contributed by atoms with Crippen molar-refractivity contribution in [2.75, 3.05) is 0 Å². The Morgan fingerprint density at radius 2 is 0.844 bits per heavy atom. The van der Waals surface area contributed by atoms with E-state index in [1.807, 2.05) is 0 Å². The first kappa shape index (κ1) is 36.0. The molecular formula is C59H37N5. The van der Waals surface area contributed by atoms with Gasteiger partial charge in [-0.25, -0.2) is 15.0 Å². The lowest BCUT2D eigenvalue weighted by atomic mass is 9.98. The summed E-state index contributed by atoms with van der Waals surface area (Å²) in [5, 5.41) is 9.50. The van der Waals surface area contributed by atoms with Gasteiger partial charge in [0.1, 0.15) is 0 Å². The molecule has 5 heteroatoms. The lowest BCUT2D eigenvalue weighted by Gasteiger charge is -2.14. The van der Waals surface area contributed by atoms with Crippen LogP contribution >= 0.6 is 0 Å². The van der Waals surface area contributed by atoms with Crippen molar-refractivity contribution in [1.29, 1.82) is 0 Å². The molecule has 0 atom stereocenters. The Kier molecular flexibility index (Phi) is 8.15. The van der Waals surface area contributed by atoms with Crippen LogP contribution in [-0.2, 0) is 0 Å². The topological polar surface area (TPSA) is 48.5 Å². The largest absolute Gasteiger partial charge is 0.309 e. The third kappa shape index (κ3) is 5.68. The van der Waals surface area contributed by atoms with Gasteiger partial charge in [0.2, 0.25) is 0 Å². The Hall–Kier alpha value is -8.67. The van der Waals surface area contributed by atoms with Crippen LogP contribution in [0.4, 0.5) is 0 Å². The molecule has 0 aliphatic carbocycles. The Morgan fingerprint density at radius 3 is 1.66 bits per heavy atom. The fourth-order valence-corrected chi connectivity index (χ4v) is 9.85. The lowest BCUT2D eigenvalue weighted by molar-refractivity contribution is 1.08. The van der Waals surface area contributed by atoms with E-state index in [2.05, 4.69) is 234 Å². The minimum atomic E-state index is 0.626. The second-order valence-corrected chi connectivity index (χ2v) is 16.4. The van der Waals surface area contributed by atoms with Gasteiger partial charge in [-0.15, -0.1) is 0 Å². The van der Waals surface area contributed by atoms with Gasteiger partial charge in [-0.1, -0.05) is 176 Å². The highest BCUT2D eigenvalue weighted by Crippen LogP contribution is 2.42. The van der Waals surface area contributed by atoms with Crippen molar-refractivity contribution in [3.8, 4) is 56.7 Å². The van der Waals surface area contributed by atoms with Gasteiger partial charge in [0, 0.05) is 49.6 Å². The van der Waals surface area contributed by atoms with E-state index in [0.717, 1.165) is 66.4 Å². The first-order valence-electron chi connectivity index (χ1n) is 21.7. The highest BCUT2D eigenvalue weighted by Gasteiger charge is 2.22. The van der Waals surface area contributed by atoms with Crippen molar-refractivity contribution in [1.82, 2.24) is 24.1 Å². The number of aromatic nitrogens is 5. The summed E-state index contributed by atoms with van der Waals surface area (Å²) < 4.78 is 4.84. The maximum atomic E-state index is 5.27. The number of para-hydroxylation sites is 3. The Bertz CT molecular complexity index is 3950. The van der Waals surface area contributed by atoms with Crippen LogP contribution in [-0.4, -0.2) is 24.1 Å². The van der Waals surface area contributed by atoms with Gasteiger partial charge in [0.25, 0.3) is 0 Å². The molecule has 0 fully saturated rings. The second kappa shape index (κ2) is 14.5. The van der Waals surface area contributed by atoms with E-state index in [1.165, 1.54) is 38.0 Å². The predicted octanol–water partition coefficient (Wildman–Crippen LogP) is 15.0. The van der Waals surface area contributed by atoms with Crippen molar-refractivity contribution in [2.45, 2.75) is 0 Å². The van der Waals surface area contributed by atoms with Gasteiger partial charge < -0.3 is 9.13 Å². The molecule has 64 heavy (non-hydrogen) atoms. The number of hydrogen-bond donors (Lipinski definition) is 0. The summed E-state index contributed by atoms with van der Waals surface area (Å²) in [7, 11) is 0. The molecule has 5 nitrogen and oxygen atoms in total. The molecular weight excluding hydrogens is 779 g/mol. The molecule has 0 saturated heterocycles. The Labute approximate surface area is 368 Å². The molecule has 0 radical (unpaired) electrons. The highest BCUT2D eigenvalue weighted by molar-refractivity contribution is 6.26. The van der Waals surface area contributed by atoms with Crippen LogP contribution in [0.5, 0.6) is 0 Å². The molecule has 0 aliphatic rings. The van der Waals surface area contributed by atoms with E-state index < -0.39 is 0 Å². The van der Waals surface area contributed by atoms with Crippen molar-refractivity contribution in [3.63, 3.8) is 0 Å². The van der Waals surface area contributed by atoms with Gasteiger partial charge >= 0.3 is 0 Å². The third-order valence-corrected chi connectivity index (χ3v) is 12.8. The molecule has 13 aromatic rings. The van der Waals surface area contributed by atoms with Crippen molar-refractivity contribution in [2.24, 2.45) is 0 Å². The smallest absolute Gasteiger partial charge is 0.164 e. The van der Waals surface area contributed by atoms with Crippen LogP contribution < -0.4 is 0 Å². The number of fused-ring (bicyclic) bond motifs is 9. The molecule has 0 N–H and O–H groups in total. The third-order valence-electron chi connectivity index (χ3n) is 12.8. The lowest BCUT2D eigenvalue weighted by Crippen LogP contribution is -2.01. The highest BCUT2D eigenvalue weighted by atomic mass is 15.0. The van der Waals surface area contributed by atoms with Gasteiger partial charge in [0.15, 0.2) is 17.5 Å². The Balaban J connectivity index is 0.975. The van der Waals surface area contributed by atoms with Crippen molar-refractivity contribution in [3.05, 3.63) is 224 Å². The minimum absolute atomic E-state index is 0.626. The molecule has 0 bridgehead atoms. The van der Waals surface area contributed by atoms with Gasteiger partial charge in [-0.05, 0) is 81.2 Å². The molecule has 0 unspecified atom stereocenters. The second-order valence-electron chi connectivity index (χ2n) is 16.4. The van der Waals surface area contributed by atoms with E-state index in [-0.39, 0.29) is 0 Å². The normalized spacial score (nSPS) is 11.8. The fourth-order valence-electron chi connectivity index (χ4n) is 9.85. The molecule has 3 heterocycles. The van der Waals surface area contributed by atoms with E-state index in [1.54, 1.807) is 0 Å². The Morgan fingerprint density at radius 1 is 0.281 bits per heavy atom. The van der Waals surface area contributed by atoms with E-state index in [9.17, 15) is 0 Å². The van der Waals surface area contributed by atoms with Crippen LogP contribution in [0.25, 0.3) is 122 Å². The van der Waals surface area contributed by atoms with Crippen LogP contribution in [0, 0.1) is 0 Å². The first-order valence-corrected chi connectivity index (χ1v) is 21.7. The van der Waals surface area contributed by atoms with Crippen molar-refractivity contribution < 1.29 is 0 Å². The van der Waals surface area contributed by atoms with E-state index >= 15 is 0 Å². The molecule has 0 aliphatic heterocycles. The summed E-state index contributed by atoms with van der Waals surface area (Å²) in [5.41, 5.74) is 11.9. The average Bonchev–Trinajstić information content (AvgIpc) is 3.89. The van der Waals surface area contributed by atoms with Crippen LogP contribution in [0.3, 0.4) is 0 Å². The summed E-state index contributed by atoms with van der Waals surface area (Å²) in [6.07, 6.45) is 0. The molecule has 3 aromatic heterocycles. The molecule has 13 rings (SSSR count). The molecule has 298 valence electrons. The van der Waals surface area contributed by atoms with Crippen molar-refractivity contribution >= 4 is 65.2 Å². The number of rotatable bonds is 6. The summed E-state index contributed by atoms with van der Waals surface area (Å²) in [4.78, 5) is 15.7. The maximum Gasteiger partial charge on any atom is 0.164 e. The zero-order valence-electron chi connectivity index (χ0n) is 34.6. The molecule has 0 spiro atoms. The van der Waals surface area contributed by atoms with Crippen LogP contribution in [0.1, 0.15) is 0 Å². The van der Waals surface area contributed by atoms with Gasteiger partial charge in [-0.2, -0.15) is 0 Å². The molecule has 0 saturated carbocycles. The number of hydrogen-bond acceptors (Lipinski definition) is 3. The fraction of sp³-hybridized carbons (Fsp3) is 0. The quantitative estimate of drug-likeness (QED) is 0.168. The monoisotopic (exact) mass is 815 g/mol.